The Morgan fingerprint density at radius 1 is 0.283 bits per heavy atom. The molecule has 6 rings (SSSR count). The Morgan fingerprint density at radius 3 is 0.500 bits per heavy atom. The van der Waals surface area contributed by atoms with E-state index in [4.69, 9.17) is 3.40 Å². The van der Waals surface area contributed by atoms with Gasteiger partial charge < -0.3 is 0 Å². The van der Waals surface area contributed by atoms with E-state index >= 15 is 0 Å². The van der Waals surface area contributed by atoms with Crippen molar-refractivity contribution in [2.75, 3.05) is 20.0 Å². The van der Waals surface area contributed by atoms with Crippen molar-refractivity contribution >= 4 is 80.4 Å². The average molecular weight is 873 g/mol. The first kappa shape index (κ1) is 41.7. The molecule has 6 aromatic rings. The van der Waals surface area contributed by atoms with Gasteiger partial charge in [0.1, 0.15) is 0 Å². The van der Waals surface area contributed by atoms with Gasteiger partial charge in [0.15, 0.2) is 0 Å². The number of hydrogen-bond acceptors (Lipinski definition) is 1. The fourth-order valence-corrected chi connectivity index (χ4v) is 8.97. The zero-order valence-electron chi connectivity index (χ0n) is 26.3. The summed E-state index contributed by atoms with van der Waals surface area (Å²) in [7, 11) is -0.512. The molecule has 0 aromatic heterocycles. The van der Waals surface area contributed by atoms with E-state index in [9.17, 15) is 0 Å². The summed E-state index contributed by atoms with van der Waals surface area (Å²) in [5.74, 6) is 0. The van der Waals surface area contributed by atoms with E-state index in [-0.39, 0.29) is 48.6 Å². The van der Waals surface area contributed by atoms with E-state index in [0.717, 1.165) is 0 Å². The van der Waals surface area contributed by atoms with Crippen molar-refractivity contribution in [3.05, 3.63) is 182 Å². The molecule has 6 aromatic carbocycles. The van der Waals surface area contributed by atoms with E-state index in [2.05, 4.69) is 202 Å². The Hall–Kier alpha value is -2.32. The second-order valence-corrected chi connectivity index (χ2v) is 16.1. The first-order valence-corrected chi connectivity index (χ1v) is 20.9. The minimum atomic E-state index is -0.171. The maximum absolute atomic E-state index is 8.33. The average Bonchev–Trinajstić information content (AvgIpc) is 3.14. The topological polar surface area (TPSA) is 17.1 Å². The molecular weight excluding hydrogens is 832 g/mol. The first-order chi connectivity index (χ1) is 21.6. The molecule has 0 amide bonds. The predicted molar refractivity (Wildman–Crippen MR) is 210 cm³/mol. The molecule has 238 valence electrons. The first-order valence-electron chi connectivity index (χ1n) is 14.3. The van der Waals surface area contributed by atoms with Gasteiger partial charge in [0.05, 0.1) is 0 Å². The van der Waals surface area contributed by atoms with E-state index in [0.29, 0.717) is 19.8 Å². The quantitative estimate of drug-likeness (QED) is 0.153. The molecule has 0 saturated heterocycles. The summed E-state index contributed by atoms with van der Waals surface area (Å²) >= 11 is 0.333. The van der Waals surface area contributed by atoms with E-state index < -0.39 is 0 Å². The van der Waals surface area contributed by atoms with Crippen LogP contribution in [0.5, 0.6) is 0 Å². The van der Waals surface area contributed by atoms with E-state index in [1.807, 2.05) is 0 Å². The molecule has 0 unspecified atom stereocenters. The van der Waals surface area contributed by atoms with E-state index in [1.165, 1.54) is 31.8 Å². The Kier molecular flexibility index (Phi) is 22.5. The maximum atomic E-state index is 8.33. The minimum absolute atomic E-state index is 0. The number of rotatable bonds is 6. The van der Waals surface area contributed by atoms with Crippen LogP contribution in [0.1, 0.15) is 0 Å². The van der Waals surface area contributed by atoms with Crippen LogP contribution in [0.2, 0.25) is 0 Å². The molecule has 0 N–H and O–H groups in total. The summed E-state index contributed by atoms with van der Waals surface area (Å²) in [4.78, 5) is 0. The number of halogens is 2. The van der Waals surface area contributed by atoms with Crippen molar-refractivity contribution < 1.29 is 23.2 Å². The molecule has 0 aliphatic carbocycles. The van der Waals surface area contributed by atoms with Crippen molar-refractivity contribution in [2.45, 2.75) is 0 Å². The fourth-order valence-electron chi connectivity index (χ4n) is 4.36. The molecule has 0 radical (unpaired) electrons. The molecule has 0 saturated carbocycles. The molecule has 7 heteroatoms. The van der Waals surface area contributed by atoms with Crippen molar-refractivity contribution in [1.29, 1.82) is 0 Å². The monoisotopic (exact) mass is 872 g/mol. The molecule has 0 aliphatic heterocycles. The zero-order valence-corrected chi connectivity index (χ0v) is 33.5. The van der Waals surface area contributed by atoms with Gasteiger partial charge in [-0.2, -0.15) is 0 Å². The molecule has 0 heterocycles. The van der Waals surface area contributed by atoms with Crippen LogP contribution in [0.25, 0.3) is 0 Å². The fraction of sp³-hybridized carbons (Fsp3) is 0.0769. The number of hydrogen-bond donors (Lipinski definition) is 0. The SMILES string of the molecule is CP(c1ccccc1)c1ccccc1.CP(c1ccccc1)c1ccccc1.CP(c1ccccc1)c1ccccc1.Cl.Cl.[O]=[W]. The third-order valence-corrected chi connectivity index (χ3v) is 13.3. The molecular formula is C39H41Cl2OP3W. The van der Waals surface area contributed by atoms with Crippen LogP contribution < -0.4 is 31.8 Å². The molecule has 0 fully saturated rings. The van der Waals surface area contributed by atoms with Crippen LogP contribution in [-0.4, -0.2) is 20.0 Å². The van der Waals surface area contributed by atoms with Gasteiger partial charge in [-0.1, -0.05) is 182 Å². The van der Waals surface area contributed by atoms with Crippen molar-refractivity contribution in [3.63, 3.8) is 0 Å². The van der Waals surface area contributed by atoms with Gasteiger partial charge in [-0.05, 0) is 75.6 Å². The summed E-state index contributed by atoms with van der Waals surface area (Å²) in [5, 5.41) is 8.63. The summed E-state index contributed by atoms with van der Waals surface area (Å²) in [6.07, 6.45) is 0. The van der Waals surface area contributed by atoms with Gasteiger partial charge in [-0.3, -0.25) is 0 Å². The normalized spacial score (nSPS) is 9.61. The third-order valence-electron chi connectivity index (χ3n) is 6.86. The van der Waals surface area contributed by atoms with Crippen LogP contribution in [-0.2, 0) is 23.2 Å². The zero-order chi connectivity index (χ0) is 31.4. The van der Waals surface area contributed by atoms with Crippen LogP contribution in [0, 0.1) is 0 Å². The number of benzene rings is 6. The standard InChI is InChI=1S/3C13H13P.2ClH.O.W/c3*1-14(12-8-4-2-5-9-12)13-10-6-3-7-11-13;;;;/h3*2-11H,1H3;2*1H;;. The summed E-state index contributed by atoms with van der Waals surface area (Å²) < 4.78 is 8.33. The third kappa shape index (κ3) is 14.2. The summed E-state index contributed by atoms with van der Waals surface area (Å²) in [5.41, 5.74) is 0. The van der Waals surface area contributed by atoms with Crippen LogP contribution in [0.3, 0.4) is 0 Å². The van der Waals surface area contributed by atoms with Gasteiger partial charge in [-0.25, -0.2) is 0 Å². The molecule has 0 bridgehead atoms. The predicted octanol–water partition coefficient (Wildman–Crippen LogP) is 8.97. The van der Waals surface area contributed by atoms with Gasteiger partial charge in [0, 0.05) is 0 Å². The molecule has 1 nitrogen and oxygen atoms in total. The molecule has 0 spiro atoms. The van der Waals surface area contributed by atoms with Gasteiger partial charge in [0.25, 0.3) is 0 Å². The Bertz CT molecular complexity index is 1260. The molecule has 46 heavy (non-hydrogen) atoms. The van der Waals surface area contributed by atoms with Crippen molar-refractivity contribution in [1.82, 2.24) is 0 Å². The Balaban J connectivity index is 0.000000329. The van der Waals surface area contributed by atoms with Gasteiger partial charge in [0.2, 0.25) is 0 Å². The van der Waals surface area contributed by atoms with Crippen molar-refractivity contribution in [3.8, 4) is 0 Å². The molecule has 0 aliphatic rings. The van der Waals surface area contributed by atoms with E-state index in [1.54, 1.807) is 0 Å². The van der Waals surface area contributed by atoms with Crippen LogP contribution >= 0.6 is 48.6 Å². The van der Waals surface area contributed by atoms with Crippen LogP contribution in [0.15, 0.2) is 182 Å². The van der Waals surface area contributed by atoms with Crippen LogP contribution in [0.4, 0.5) is 0 Å². The summed E-state index contributed by atoms with van der Waals surface area (Å²) in [6.45, 7) is 6.92. The second kappa shape index (κ2) is 24.8. The van der Waals surface area contributed by atoms with Gasteiger partial charge >= 0.3 is 23.2 Å². The second-order valence-electron chi connectivity index (χ2n) is 9.69. The van der Waals surface area contributed by atoms with Crippen molar-refractivity contribution in [2.24, 2.45) is 0 Å². The van der Waals surface area contributed by atoms with Gasteiger partial charge in [-0.15, -0.1) is 24.8 Å². The molecule has 0 atom stereocenters. The Labute approximate surface area is 303 Å². The summed E-state index contributed by atoms with van der Waals surface area (Å²) in [6, 6.07) is 64.2. The Morgan fingerprint density at radius 2 is 0.391 bits per heavy atom.